The SMILES string of the molecule is C=C(Nc1ccc(C(=O)N2CCN(CCC)CC2)c(N2CCCC2)c1)C1CC1. The van der Waals surface area contributed by atoms with Crippen LogP contribution in [0.4, 0.5) is 11.4 Å². The Kier molecular flexibility index (Phi) is 5.90. The number of allylic oxidation sites excluding steroid dienone is 1. The summed E-state index contributed by atoms with van der Waals surface area (Å²) in [6.45, 7) is 13.2. The number of benzene rings is 1. The van der Waals surface area contributed by atoms with Crippen LogP contribution in [0.1, 0.15) is 49.4 Å². The van der Waals surface area contributed by atoms with E-state index in [4.69, 9.17) is 0 Å². The van der Waals surface area contributed by atoms with Gasteiger partial charge in [-0.2, -0.15) is 0 Å². The molecule has 2 heterocycles. The molecule has 1 saturated carbocycles. The zero-order valence-corrected chi connectivity index (χ0v) is 17.3. The monoisotopic (exact) mass is 382 g/mol. The summed E-state index contributed by atoms with van der Waals surface area (Å²) in [5, 5.41) is 3.48. The van der Waals surface area contributed by atoms with Crippen LogP contribution in [0.5, 0.6) is 0 Å². The van der Waals surface area contributed by atoms with Gasteiger partial charge in [0, 0.05) is 50.7 Å². The lowest BCUT2D eigenvalue weighted by Crippen LogP contribution is -2.49. The van der Waals surface area contributed by atoms with Crippen molar-refractivity contribution in [3.8, 4) is 0 Å². The highest BCUT2D eigenvalue weighted by Gasteiger charge is 2.27. The van der Waals surface area contributed by atoms with Crippen LogP contribution >= 0.6 is 0 Å². The Morgan fingerprint density at radius 2 is 1.82 bits per heavy atom. The fourth-order valence-corrected chi connectivity index (χ4v) is 4.39. The molecule has 1 amide bonds. The molecule has 0 spiro atoms. The molecule has 4 rings (SSSR count). The maximum absolute atomic E-state index is 13.3. The zero-order chi connectivity index (χ0) is 19.5. The summed E-state index contributed by atoms with van der Waals surface area (Å²) in [4.78, 5) is 20.2. The minimum absolute atomic E-state index is 0.186. The minimum Gasteiger partial charge on any atom is -0.371 e. The van der Waals surface area contributed by atoms with Crippen molar-refractivity contribution in [1.82, 2.24) is 9.80 Å². The van der Waals surface area contributed by atoms with E-state index in [1.807, 2.05) is 17.0 Å². The summed E-state index contributed by atoms with van der Waals surface area (Å²) in [5.74, 6) is 0.807. The molecule has 1 aromatic rings. The van der Waals surface area contributed by atoms with E-state index < -0.39 is 0 Å². The molecule has 3 fully saturated rings. The van der Waals surface area contributed by atoms with Crippen molar-refractivity contribution in [3.05, 3.63) is 36.0 Å². The average Bonchev–Trinajstić information content (AvgIpc) is 3.43. The summed E-state index contributed by atoms with van der Waals surface area (Å²) < 4.78 is 0. The van der Waals surface area contributed by atoms with Gasteiger partial charge >= 0.3 is 0 Å². The number of amides is 1. The van der Waals surface area contributed by atoms with Crippen molar-refractivity contribution in [2.45, 2.75) is 39.0 Å². The molecule has 2 saturated heterocycles. The van der Waals surface area contributed by atoms with Gasteiger partial charge in [-0.05, 0) is 62.8 Å². The van der Waals surface area contributed by atoms with Gasteiger partial charge in [-0.15, -0.1) is 0 Å². The molecule has 28 heavy (non-hydrogen) atoms. The third kappa shape index (κ3) is 4.35. The van der Waals surface area contributed by atoms with Crippen LogP contribution in [0.2, 0.25) is 0 Å². The molecule has 0 bridgehead atoms. The Balaban J connectivity index is 1.51. The average molecular weight is 383 g/mol. The summed E-state index contributed by atoms with van der Waals surface area (Å²) in [5.41, 5.74) is 4.11. The van der Waals surface area contributed by atoms with Crippen molar-refractivity contribution in [1.29, 1.82) is 0 Å². The van der Waals surface area contributed by atoms with Gasteiger partial charge in [0.15, 0.2) is 0 Å². The van der Waals surface area contributed by atoms with Crippen LogP contribution in [0, 0.1) is 5.92 Å². The number of carbonyl (C=O) groups excluding carboxylic acids is 1. The van der Waals surface area contributed by atoms with Crippen molar-refractivity contribution in [3.63, 3.8) is 0 Å². The van der Waals surface area contributed by atoms with E-state index in [0.29, 0.717) is 5.92 Å². The first-order valence-electron chi connectivity index (χ1n) is 11.0. The predicted molar refractivity (Wildman–Crippen MR) is 116 cm³/mol. The highest BCUT2D eigenvalue weighted by Crippen LogP contribution is 2.37. The molecule has 2 aliphatic heterocycles. The van der Waals surface area contributed by atoms with E-state index in [0.717, 1.165) is 68.4 Å². The summed E-state index contributed by atoms with van der Waals surface area (Å²) in [7, 11) is 0. The van der Waals surface area contributed by atoms with Crippen LogP contribution in [0.3, 0.4) is 0 Å². The van der Waals surface area contributed by atoms with Crippen molar-refractivity contribution < 1.29 is 4.79 Å². The second-order valence-electron chi connectivity index (χ2n) is 8.48. The highest BCUT2D eigenvalue weighted by atomic mass is 16.2. The number of hydrogen-bond acceptors (Lipinski definition) is 4. The topological polar surface area (TPSA) is 38.8 Å². The zero-order valence-electron chi connectivity index (χ0n) is 17.3. The van der Waals surface area contributed by atoms with E-state index in [1.54, 1.807) is 0 Å². The molecule has 5 heteroatoms. The first-order valence-corrected chi connectivity index (χ1v) is 11.0. The Hall–Kier alpha value is -2.01. The molecule has 0 radical (unpaired) electrons. The molecule has 152 valence electrons. The predicted octanol–water partition coefficient (Wildman–Crippen LogP) is 3.79. The first-order chi connectivity index (χ1) is 13.7. The Labute approximate surface area is 169 Å². The second kappa shape index (κ2) is 8.56. The van der Waals surface area contributed by atoms with Crippen molar-refractivity contribution in [2.24, 2.45) is 5.92 Å². The molecule has 5 nitrogen and oxygen atoms in total. The number of anilines is 2. The molecule has 1 aromatic carbocycles. The van der Waals surface area contributed by atoms with Gasteiger partial charge in [0.1, 0.15) is 0 Å². The summed E-state index contributed by atoms with van der Waals surface area (Å²) >= 11 is 0. The maximum atomic E-state index is 13.3. The molecular weight excluding hydrogens is 348 g/mol. The Morgan fingerprint density at radius 1 is 1.11 bits per heavy atom. The Bertz CT molecular complexity index is 713. The second-order valence-corrected chi connectivity index (χ2v) is 8.48. The van der Waals surface area contributed by atoms with Crippen LogP contribution in [0.15, 0.2) is 30.5 Å². The number of piperazine rings is 1. The lowest BCUT2D eigenvalue weighted by Gasteiger charge is -2.35. The number of rotatable bonds is 7. The summed E-state index contributed by atoms with van der Waals surface area (Å²) in [6.07, 6.45) is 6.07. The molecule has 1 aliphatic carbocycles. The fourth-order valence-electron chi connectivity index (χ4n) is 4.39. The van der Waals surface area contributed by atoms with Gasteiger partial charge < -0.3 is 15.1 Å². The van der Waals surface area contributed by atoms with E-state index in [1.165, 1.54) is 32.1 Å². The molecule has 0 atom stereocenters. The molecular formula is C23H34N4O. The third-order valence-corrected chi connectivity index (χ3v) is 6.25. The highest BCUT2D eigenvalue weighted by molar-refractivity contribution is 6.00. The minimum atomic E-state index is 0.186. The molecule has 0 aromatic heterocycles. The van der Waals surface area contributed by atoms with Crippen molar-refractivity contribution >= 4 is 17.3 Å². The van der Waals surface area contributed by atoms with Gasteiger partial charge in [-0.1, -0.05) is 13.5 Å². The lowest BCUT2D eigenvalue weighted by molar-refractivity contribution is 0.0638. The number of nitrogens with zero attached hydrogens (tertiary/aromatic N) is 3. The lowest BCUT2D eigenvalue weighted by atomic mass is 10.1. The largest absolute Gasteiger partial charge is 0.371 e. The van der Waals surface area contributed by atoms with Gasteiger partial charge in [-0.25, -0.2) is 0 Å². The van der Waals surface area contributed by atoms with Crippen LogP contribution in [-0.2, 0) is 0 Å². The smallest absolute Gasteiger partial charge is 0.256 e. The number of hydrogen-bond donors (Lipinski definition) is 1. The third-order valence-electron chi connectivity index (χ3n) is 6.25. The number of nitrogens with one attached hydrogen (secondary N) is 1. The summed E-state index contributed by atoms with van der Waals surface area (Å²) in [6, 6.07) is 6.24. The fraction of sp³-hybridized carbons (Fsp3) is 0.609. The van der Waals surface area contributed by atoms with Gasteiger partial charge in [0.05, 0.1) is 11.3 Å². The number of carbonyl (C=O) groups is 1. The van der Waals surface area contributed by atoms with Crippen LogP contribution in [-0.4, -0.2) is 61.5 Å². The molecule has 0 unspecified atom stereocenters. The van der Waals surface area contributed by atoms with Crippen LogP contribution in [0.25, 0.3) is 0 Å². The maximum Gasteiger partial charge on any atom is 0.256 e. The standard InChI is InChI=1S/C23H34N4O/c1-3-10-25-13-15-27(16-14-25)23(28)21-9-8-20(24-18(2)19-6-7-19)17-22(21)26-11-4-5-12-26/h8-9,17,19,24H,2-7,10-16H2,1H3. The van der Waals surface area contributed by atoms with E-state index in [2.05, 4.69) is 34.7 Å². The van der Waals surface area contributed by atoms with Crippen LogP contribution < -0.4 is 10.2 Å². The Morgan fingerprint density at radius 3 is 2.46 bits per heavy atom. The van der Waals surface area contributed by atoms with E-state index in [9.17, 15) is 4.79 Å². The van der Waals surface area contributed by atoms with Gasteiger partial charge in [0.25, 0.3) is 5.91 Å². The normalized spacial score (nSPS) is 20.5. The van der Waals surface area contributed by atoms with E-state index >= 15 is 0 Å². The van der Waals surface area contributed by atoms with E-state index in [-0.39, 0.29) is 5.91 Å². The first kappa shape index (κ1) is 19.3. The molecule has 1 N–H and O–H groups in total. The van der Waals surface area contributed by atoms with Gasteiger partial charge in [0.2, 0.25) is 0 Å². The van der Waals surface area contributed by atoms with Crippen molar-refractivity contribution in [2.75, 3.05) is 56.0 Å². The van der Waals surface area contributed by atoms with Gasteiger partial charge in [-0.3, -0.25) is 9.69 Å². The quantitative estimate of drug-likeness (QED) is 0.779. The molecule has 3 aliphatic rings.